The molecule has 0 aliphatic carbocycles. The number of pyridine rings is 1. The monoisotopic (exact) mass is 426 g/mol. The van der Waals surface area contributed by atoms with Gasteiger partial charge in [0.25, 0.3) is 0 Å². The molecule has 0 amide bonds. The third-order valence-corrected chi connectivity index (χ3v) is 5.89. The first kappa shape index (κ1) is 20.4. The molecule has 0 spiro atoms. The summed E-state index contributed by atoms with van der Waals surface area (Å²) in [6, 6.07) is 19.7. The lowest BCUT2D eigenvalue weighted by Gasteiger charge is -2.27. The number of hydrogen-bond donors (Lipinski definition) is 2. The number of nitrogens with zero attached hydrogens (tertiary/aromatic N) is 2. The summed E-state index contributed by atoms with van der Waals surface area (Å²) >= 11 is 0. The van der Waals surface area contributed by atoms with Crippen molar-refractivity contribution in [2.75, 3.05) is 44.6 Å². The molecule has 1 saturated heterocycles. The van der Waals surface area contributed by atoms with Crippen molar-refractivity contribution in [2.24, 2.45) is 0 Å². The van der Waals surface area contributed by atoms with Gasteiger partial charge in [-0.05, 0) is 17.7 Å². The first-order valence-electron chi connectivity index (χ1n) is 11.0. The molecule has 3 heterocycles. The Kier molecular flexibility index (Phi) is 5.96. The molecule has 2 N–H and O–H groups in total. The van der Waals surface area contributed by atoms with Crippen molar-refractivity contribution in [1.29, 1.82) is 0 Å². The van der Waals surface area contributed by atoms with Gasteiger partial charge in [0.2, 0.25) is 5.71 Å². The van der Waals surface area contributed by atoms with Gasteiger partial charge in [0.05, 0.1) is 5.39 Å². The number of hydrogen-bond acceptors (Lipinski definition) is 6. The molecular weight excluding hydrogens is 400 g/mol. The van der Waals surface area contributed by atoms with Gasteiger partial charge in [-0.15, -0.1) is 0 Å². The first-order valence-corrected chi connectivity index (χ1v) is 11.0. The van der Waals surface area contributed by atoms with Crippen LogP contribution in [-0.2, 0) is 0 Å². The van der Waals surface area contributed by atoms with Crippen molar-refractivity contribution in [3.8, 4) is 22.5 Å². The van der Waals surface area contributed by atoms with Crippen LogP contribution >= 0.6 is 0 Å². The topological polar surface area (TPSA) is 70.4 Å². The molecule has 0 unspecified atom stereocenters. The number of aldehydes is 1. The van der Waals surface area contributed by atoms with E-state index in [1.54, 1.807) is 12.3 Å². The summed E-state index contributed by atoms with van der Waals surface area (Å²) in [5, 5.41) is 7.97. The number of aromatic nitrogens is 1. The van der Waals surface area contributed by atoms with E-state index in [-0.39, 0.29) is 0 Å². The number of carbonyl (C=O) groups excluding carboxylic acids is 1. The van der Waals surface area contributed by atoms with Crippen LogP contribution in [0.2, 0.25) is 0 Å². The van der Waals surface area contributed by atoms with E-state index in [9.17, 15) is 4.79 Å². The zero-order valence-electron chi connectivity index (χ0n) is 17.9. The second kappa shape index (κ2) is 9.34. The van der Waals surface area contributed by atoms with Gasteiger partial charge in [-0.3, -0.25) is 9.69 Å². The van der Waals surface area contributed by atoms with Crippen molar-refractivity contribution >= 4 is 23.1 Å². The van der Waals surface area contributed by atoms with Crippen LogP contribution in [0, 0.1) is 0 Å². The molecule has 6 nitrogen and oxygen atoms in total. The molecule has 32 heavy (non-hydrogen) atoms. The van der Waals surface area contributed by atoms with Crippen molar-refractivity contribution in [2.45, 2.75) is 0 Å². The van der Waals surface area contributed by atoms with Gasteiger partial charge in [0.15, 0.2) is 0 Å². The number of piperazine rings is 1. The number of nitrogens with one attached hydrogen (secondary N) is 2. The number of carbonyl (C=O) groups is 1. The Labute approximate surface area is 187 Å². The fourth-order valence-electron chi connectivity index (χ4n) is 4.29. The van der Waals surface area contributed by atoms with Crippen LogP contribution in [0.25, 0.3) is 33.6 Å². The molecular formula is C26H26N4O2. The fraction of sp³-hybridized carbons (Fsp3) is 0.231. The standard InChI is InChI=1S/C26H26N4O2/c31-18-19-5-4-8-21(17-19)25-23(20-6-2-1-3-7-20)24-22(9-10-29-26(24)32-25)28-13-16-30-14-11-27-12-15-30/h1-10,17-18,27H,11-16H2,(H,28,29). The SMILES string of the molecule is O=Cc1cccc(-c2oc3nccc(NCCN4CCNCC4)c3c2-c2ccccc2)c1. The fourth-order valence-corrected chi connectivity index (χ4v) is 4.29. The van der Waals surface area contributed by atoms with E-state index < -0.39 is 0 Å². The van der Waals surface area contributed by atoms with Gasteiger partial charge in [-0.25, -0.2) is 4.98 Å². The lowest BCUT2D eigenvalue weighted by molar-refractivity contribution is 0.112. The quantitative estimate of drug-likeness (QED) is 0.430. The van der Waals surface area contributed by atoms with Crippen LogP contribution in [0.5, 0.6) is 0 Å². The Morgan fingerprint density at radius 1 is 1.03 bits per heavy atom. The molecule has 4 aromatic rings. The summed E-state index contributed by atoms with van der Waals surface area (Å²) in [6.07, 6.45) is 2.63. The predicted octanol–water partition coefficient (Wildman–Crippen LogP) is 4.29. The highest BCUT2D eigenvalue weighted by molar-refractivity contribution is 6.07. The summed E-state index contributed by atoms with van der Waals surface area (Å²) in [7, 11) is 0. The van der Waals surface area contributed by atoms with E-state index in [0.29, 0.717) is 11.3 Å². The number of furan rings is 1. The number of fused-ring (bicyclic) bond motifs is 1. The lowest BCUT2D eigenvalue weighted by Crippen LogP contribution is -2.45. The number of rotatable bonds is 7. The van der Waals surface area contributed by atoms with Crippen LogP contribution in [0.1, 0.15) is 10.4 Å². The van der Waals surface area contributed by atoms with E-state index in [4.69, 9.17) is 4.42 Å². The Morgan fingerprint density at radius 3 is 2.66 bits per heavy atom. The predicted molar refractivity (Wildman–Crippen MR) is 128 cm³/mol. The summed E-state index contributed by atoms with van der Waals surface area (Å²) in [6.45, 7) is 6.06. The average Bonchev–Trinajstić information content (AvgIpc) is 3.26. The molecule has 2 aromatic heterocycles. The van der Waals surface area contributed by atoms with Gasteiger partial charge in [0.1, 0.15) is 12.0 Å². The molecule has 1 aliphatic heterocycles. The van der Waals surface area contributed by atoms with Crippen LogP contribution in [0.4, 0.5) is 5.69 Å². The molecule has 0 bridgehead atoms. The second-order valence-corrected chi connectivity index (χ2v) is 7.97. The van der Waals surface area contributed by atoms with Gasteiger partial charge in [-0.2, -0.15) is 0 Å². The van der Waals surface area contributed by atoms with Crippen molar-refractivity contribution in [3.05, 3.63) is 72.4 Å². The van der Waals surface area contributed by atoms with Gasteiger partial charge in [-0.1, -0.05) is 48.5 Å². The van der Waals surface area contributed by atoms with E-state index in [0.717, 1.165) is 79.1 Å². The molecule has 1 aliphatic rings. The van der Waals surface area contributed by atoms with Crippen LogP contribution in [0.15, 0.2) is 71.3 Å². The Hall–Kier alpha value is -3.48. The van der Waals surface area contributed by atoms with E-state index in [2.05, 4.69) is 32.7 Å². The zero-order valence-corrected chi connectivity index (χ0v) is 17.9. The molecule has 6 heteroatoms. The normalized spacial score (nSPS) is 14.5. The minimum atomic E-state index is 0.586. The minimum absolute atomic E-state index is 0.586. The molecule has 0 radical (unpaired) electrons. The van der Waals surface area contributed by atoms with E-state index in [1.807, 2.05) is 42.5 Å². The Bertz CT molecular complexity index is 1210. The van der Waals surface area contributed by atoms with Gasteiger partial charge in [0, 0.05) is 67.8 Å². The molecule has 0 atom stereocenters. The Morgan fingerprint density at radius 2 is 1.84 bits per heavy atom. The largest absolute Gasteiger partial charge is 0.437 e. The number of anilines is 1. The summed E-state index contributed by atoms with van der Waals surface area (Å²) in [4.78, 5) is 18.3. The maximum absolute atomic E-state index is 11.4. The summed E-state index contributed by atoms with van der Waals surface area (Å²) in [5.74, 6) is 0.721. The third kappa shape index (κ3) is 4.15. The number of benzene rings is 2. The second-order valence-electron chi connectivity index (χ2n) is 7.97. The maximum atomic E-state index is 11.4. The molecule has 1 fully saturated rings. The smallest absolute Gasteiger partial charge is 0.229 e. The highest BCUT2D eigenvalue weighted by atomic mass is 16.3. The maximum Gasteiger partial charge on any atom is 0.229 e. The highest BCUT2D eigenvalue weighted by Crippen LogP contribution is 2.43. The first-order chi connectivity index (χ1) is 15.8. The van der Waals surface area contributed by atoms with E-state index >= 15 is 0 Å². The van der Waals surface area contributed by atoms with Crippen LogP contribution < -0.4 is 10.6 Å². The summed E-state index contributed by atoms with van der Waals surface area (Å²) in [5.41, 5.74) is 5.10. The zero-order chi connectivity index (χ0) is 21.8. The molecule has 162 valence electrons. The van der Waals surface area contributed by atoms with Gasteiger partial charge >= 0.3 is 0 Å². The minimum Gasteiger partial charge on any atom is -0.437 e. The van der Waals surface area contributed by atoms with Crippen molar-refractivity contribution in [3.63, 3.8) is 0 Å². The third-order valence-electron chi connectivity index (χ3n) is 5.89. The average molecular weight is 427 g/mol. The lowest BCUT2D eigenvalue weighted by atomic mass is 9.98. The molecule has 5 rings (SSSR count). The molecule has 2 aromatic carbocycles. The highest BCUT2D eigenvalue weighted by Gasteiger charge is 2.21. The van der Waals surface area contributed by atoms with Crippen LogP contribution in [0.3, 0.4) is 0 Å². The summed E-state index contributed by atoms with van der Waals surface area (Å²) < 4.78 is 6.29. The Balaban J connectivity index is 1.57. The van der Waals surface area contributed by atoms with Crippen molar-refractivity contribution in [1.82, 2.24) is 15.2 Å². The van der Waals surface area contributed by atoms with Crippen molar-refractivity contribution < 1.29 is 9.21 Å². The van der Waals surface area contributed by atoms with Gasteiger partial charge < -0.3 is 15.1 Å². The molecule has 0 saturated carbocycles. The van der Waals surface area contributed by atoms with E-state index in [1.165, 1.54) is 0 Å². The van der Waals surface area contributed by atoms with Crippen LogP contribution in [-0.4, -0.2) is 55.4 Å².